The van der Waals surface area contributed by atoms with Gasteiger partial charge in [-0.25, -0.2) is 13.1 Å². The Morgan fingerprint density at radius 1 is 1.11 bits per heavy atom. The van der Waals surface area contributed by atoms with E-state index in [1.165, 1.54) is 12.8 Å². The molecule has 0 bridgehead atoms. The zero-order valence-corrected chi connectivity index (χ0v) is 16.6. The number of benzene rings is 2. The lowest BCUT2D eigenvalue weighted by Gasteiger charge is -2.28. The summed E-state index contributed by atoms with van der Waals surface area (Å²) in [7, 11) is -2.15. The number of nitrogens with one attached hydrogen (secondary N) is 1. The van der Waals surface area contributed by atoms with Crippen molar-refractivity contribution in [1.82, 2.24) is 4.72 Å². The Morgan fingerprint density at radius 3 is 2.48 bits per heavy atom. The largest absolute Gasteiger partial charge is 0.495 e. The summed E-state index contributed by atoms with van der Waals surface area (Å²) in [5.74, 6) is 0.350. The van der Waals surface area contributed by atoms with E-state index in [1.807, 2.05) is 25.1 Å². The van der Waals surface area contributed by atoms with Crippen molar-refractivity contribution >= 4 is 15.7 Å². The monoisotopic (exact) mass is 390 g/mol. The van der Waals surface area contributed by atoms with Crippen LogP contribution in [0.15, 0.2) is 47.4 Å². The lowest BCUT2D eigenvalue weighted by molar-refractivity contribution is 0.122. The van der Waals surface area contributed by atoms with Crippen LogP contribution in [0.4, 0.5) is 5.69 Å². The highest BCUT2D eigenvalue weighted by Gasteiger charge is 2.19. The van der Waals surface area contributed by atoms with Gasteiger partial charge in [-0.15, -0.1) is 0 Å². The molecule has 3 rings (SSSR count). The Hall–Kier alpha value is -2.09. The number of morpholine rings is 1. The number of hydrogen-bond donors (Lipinski definition) is 1. The van der Waals surface area contributed by atoms with Crippen LogP contribution < -0.4 is 14.4 Å². The van der Waals surface area contributed by atoms with Gasteiger partial charge in [0.1, 0.15) is 10.6 Å². The molecule has 6 nitrogen and oxygen atoms in total. The molecule has 0 amide bonds. The maximum Gasteiger partial charge on any atom is 0.244 e. The molecule has 0 saturated carbocycles. The van der Waals surface area contributed by atoms with Gasteiger partial charge < -0.3 is 14.4 Å². The van der Waals surface area contributed by atoms with Crippen LogP contribution in [0.1, 0.15) is 11.1 Å². The van der Waals surface area contributed by atoms with Crippen LogP contribution >= 0.6 is 0 Å². The molecular weight excluding hydrogens is 364 g/mol. The summed E-state index contributed by atoms with van der Waals surface area (Å²) in [6, 6.07) is 13.4. The highest BCUT2D eigenvalue weighted by atomic mass is 32.2. The summed E-state index contributed by atoms with van der Waals surface area (Å²) in [5, 5.41) is 0. The van der Waals surface area contributed by atoms with Crippen molar-refractivity contribution in [2.75, 3.05) is 44.9 Å². The minimum atomic E-state index is -3.62. The fourth-order valence-electron chi connectivity index (χ4n) is 3.10. The summed E-state index contributed by atoms with van der Waals surface area (Å²) in [6.45, 7) is 5.50. The molecule has 1 saturated heterocycles. The topological polar surface area (TPSA) is 67.9 Å². The Balaban J connectivity index is 1.59. The normalized spacial score (nSPS) is 15.0. The van der Waals surface area contributed by atoms with E-state index in [1.54, 1.807) is 12.1 Å². The van der Waals surface area contributed by atoms with Crippen molar-refractivity contribution in [2.24, 2.45) is 0 Å². The van der Waals surface area contributed by atoms with E-state index in [9.17, 15) is 8.42 Å². The van der Waals surface area contributed by atoms with Gasteiger partial charge in [-0.2, -0.15) is 0 Å². The average Bonchev–Trinajstić information content (AvgIpc) is 2.69. The van der Waals surface area contributed by atoms with Crippen LogP contribution in [0.5, 0.6) is 5.75 Å². The van der Waals surface area contributed by atoms with E-state index in [4.69, 9.17) is 9.47 Å². The average molecular weight is 391 g/mol. The molecule has 0 radical (unpaired) electrons. The highest BCUT2D eigenvalue weighted by Crippen LogP contribution is 2.24. The molecule has 0 aliphatic carbocycles. The van der Waals surface area contributed by atoms with Crippen LogP contribution in [0.25, 0.3) is 0 Å². The van der Waals surface area contributed by atoms with Crippen LogP contribution in [0, 0.1) is 6.92 Å². The van der Waals surface area contributed by atoms with Gasteiger partial charge in [-0.1, -0.05) is 18.2 Å². The Bertz CT molecular complexity index is 860. The molecule has 0 aromatic heterocycles. The first-order valence-corrected chi connectivity index (χ1v) is 10.5. The number of ether oxygens (including phenoxy) is 2. The van der Waals surface area contributed by atoms with Crippen LogP contribution in [-0.2, 0) is 21.2 Å². The van der Waals surface area contributed by atoms with Crippen molar-refractivity contribution in [3.05, 3.63) is 53.6 Å². The summed E-state index contributed by atoms with van der Waals surface area (Å²) in [6.07, 6.45) is 0.622. The molecule has 1 N–H and O–H groups in total. The Labute approximate surface area is 161 Å². The lowest BCUT2D eigenvalue weighted by atomic mass is 10.1. The zero-order valence-electron chi connectivity index (χ0n) is 15.8. The summed E-state index contributed by atoms with van der Waals surface area (Å²) in [4.78, 5) is 2.47. The van der Waals surface area contributed by atoms with Crippen molar-refractivity contribution in [3.8, 4) is 5.75 Å². The Morgan fingerprint density at radius 2 is 1.81 bits per heavy atom. The Kier molecular flexibility index (Phi) is 6.36. The second kappa shape index (κ2) is 8.73. The predicted molar refractivity (Wildman–Crippen MR) is 106 cm³/mol. The van der Waals surface area contributed by atoms with E-state index >= 15 is 0 Å². The molecule has 1 fully saturated rings. The molecule has 1 aliphatic heterocycles. The minimum Gasteiger partial charge on any atom is -0.495 e. The number of anilines is 1. The zero-order chi connectivity index (χ0) is 19.3. The van der Waals surface area contributed by atoms with Crippen molar-refractivity contribution in [3.63, 3.8) is 0 Å². The van der Waals surface area contributed by atoms with Gasteiger partial charge in [0.15, 0.2) is 0 Å². The van der Waals surface area contributed by atoms with Gasteiger partial charge in [0.2, 0.25) is 10.0 Å². The number of nitrogens with zero attached hydrogens (tertiary/aromatic N) is 1. The number of hydrogen-bond acceptors (Lipinski definition) is 5. The third-order valence-corrected chi connectivity index (χ3v) is 6.11. The molecule has 0 unspecified atom stereocenters. The molecule has 2 aromatic rings. The number of aryl methyl sites for hydroxylation is 1. The smallest absolute Gasteiger partial charge is 0.244 e. The molecule has 1 heterocycles. The van der Waals surface area contributed by atoms with Crippen LogP contribution in [0.2, 0.25) is 0 Å². The second-order valence-electron chi connectivity index (χ2n) is 6.57. The SMILES string of the molecule is COc1ccc(C)cc1S(=O)(=O)NCCc1ccc(N2CCOCC2)cc1. The maximum atomic E-state index is 12.6. The van der Waals surface area contributed by atoms with Crippen molar-refractivity contribution in [1.29, 1.82) is 0 Å². The maximum absolute atomic E-state index is 12.6. The number of sulfonamides is 1. The first-order chi connectivity index (χ1) is 13.0. The molecule has 0 spiro atoms. The van der Waals surface area contributed by atoms with E-state index in [-0.39, 0.29) is 4.90 Å². The van der Waals surface area contributed by atoms with Gasteiger partial charge in [0.25, 0.3) is 0 Å². The third kappa shape index (κ3) is 5.00. The summed E-state index contributed by atoms with van der Waals surface area (Å²) in [5.41, 5.74) is 3.13. The van der Waals surface area contributed by atoms with Crippen molar-refractivity contribution in [2.45, 2.75) is 18.2 Å². The van der Waals surface area contributed by atoms with Crippen molar-refractivity contribution < 1.29 is 17.9 Å². The van der Waals surface area contributed by atoms with E-state index in [2.05, 4.69) is 21.8 Å². The summed E-state index contributed by atoms with van der Waals surface area (Å²) < 4.78 is 38.4. The standard InChI is InChI=1S/C20H26N2O4S/c1-16-3-8-19(25-2)20(15-16)27(23,24)21-10-9-17-4-6-18(7-5-17)22-11-13-26-14-12-22/h3-8,15,21H,9-14H2,1-2H3. The predicted octanol–water partition coefficient (Wildman–Crippen LogP) is 2.36. The van der Waals surface area contributed by atoms with Crippen LogP contribution in [-0.4, -0.2) is 48.4 Å². The molecular formula is C20H26N2O4S. The molecule has 1 aliphatic rings. The third-order valence-electron chi connectivity index (χ3n) is 4.63. The van der Waals surface area contributed by atoms with Crippen LogP contribution in [0.3, 0.4) is 0 Å². The van der Waals surface area contributed by atoms with Gasteiger partial charge >= 0.3 is 0 Å². The minimum absolute atomic E-state index is 0.174. The fraction of sp³-hybridized carbons (Fsp3) is 0.400. The number of rotatable bonds is 7. The highest BCUT2D eigenvalue weighted by molar-refractivity contribution is 7.89. The molecule has 27 heavy (non-hydrogen) atoms. The van der Waals surface area contributed by atoms with Gasteiger partial charge in [0.05, 0.1) is 20.3 Å². The van der Waals surface area contributed by atoms with Gasteiger partial charge in [-0.3, -0.25) is 0 Å². The quantitative estimate of drug-likeness (QED) is 0.786. The first kappa shape index (κ1) is 19.7. The van der Waals surface area contributed by atoms with Gasteiger partial charge in [-0.05, 0) is 48.7 Å². The van der Waals surface area contributed by atoms with E-state index in [0.29, 0.717) is 18.7 Å². The first-order valence-electron chi connectivity index (χ1n) is 9.05. The van der Waals surface area contributed by atoms with Gasteiger partial charge in [0, 0.05) is 25.3 Å². The lowest BCUT2D eigenvalue weighted by Crippen LogP contribution is -2.36. The van der Waals surface area contributed by atoms with E-state index in [0.717, 1.165) is 37.4 Å². The second-order valence-corrected chi connectivity index (χ2v) is 8.30. The number of methoxy groups -OCH3 is 1. The molecule has 2 aromatic carbocycles. The molecule has 7 heteroatoms. The summed E-state index contributed by atoms with van der Waals surface area (Å²) >= 11 is 0. The van der Waals surface area contributed by atoms with E-state index < -0.39 is 10.0 Å². The fourth-order valence-corrected chi connectivity index (χ4v) is 4.38. The molecule has 146 valence electrons. The molecule has 0 atom stereocenters.